The molecule has 1 aliphatic heterocycles. The molecule has 1 fully saturated rings. The molecule has 3 rings (SSSR count). The van der Waals surface area contributed by atoms with Crippen LogP contribution < -0.4 is 15.5 Å². The molecular formula is C20H23N5O4S. The largest absolute Gasteiger partial charge is 0.484 e. The van der Waals surface area contributed by atoms with Crippen LogP contribution in [0.4, 0.5) is 0 Å². The van der Waals surface area contributed by atoms with Gasteiger partial charge in [-0.1, -0.05) is 11.8 Å². The molecule has 0 bridgehead atoms. The standard InChI is InChI=1S/C20H23N5O4S/c26-18(23-12-17-3-1-10-28-17)13-29-16-6-4-15(5-7-16)11-24-25-19(27)14-30-20-21-8-2-9-22-20/h2,4-9,11,17H,1,3,10,12-14H2,(H,23,26)(H,25,27)/b24-11-/t17-/m1/s1. The van der Waals surface area contributed by atoms with Gasteiger partial charge >= 0.3 is 0 Å². The topological polar surface area (TPSA) is 115 Å². The number of aromatic nitrogens is 2. The summed E-state index contributed by atoms with van der Waals surface area (Å²) in [6.07, 6.45) is 6.90. The van der Waals surface area contributed by atoms with E-state index in [2.05, 4.69) is 25.8 Å². The lowest BCUT2D eigenvalue weighted by molar-refractivity contribution is -0.123. The number of hydrogen-bond acceptors (Lipinski definition) is 8. The Morgan fingerprint density at radius 1 is 1.23 bits per heavy atom. The van der Waals surface area contributed by atoms with Crippen LogP contribution in [0.15, 0.2) is 53.0 Å². The van der Waals surface area contributed by atoms with Gasteiger partial charge in [-0.05, 0) is 48.7 Å². The summed E-state index contributed by atoms with van der Waals surface area (Å²) < 4.78 is 10.9. The zero-order valence-corrected chi connectivity index (χ0v) is 17.1. The van der Waals surface area contributed by atoms with Crippen molar-refractivity contribution in [3.8, 4) is 5.75 Å². The fourth-order valence-corrected chi connectivity index (χ4v) is 3.18. The molecule has 0 saturated carbocycles. The number of thioether (sulfide) groups is 1. The van der Waals surface area contributed by atoms with Crippen LogP contribution >= 0.6 is 11.8 Å². The number of rotatable bonds is 10. The van der Waals surface area contributed by atoms with Gasteiger partial charge in [0.2, 0.25) is 0 Å². The smallest absolute Gasteiger partial charge is 0.258 e. The average molecular weight is 430 g/mol. The highest BCUT2D eigenvalue weighted by Gasteiger charge is 2.16. The number of hydrogen-bond donors (Lipinski definition) is 2. The fraction of sp³-hybridized carbons (Fsp3) is 0.350. The van der Waals surface area contributed by atoms with E-state index < -0.39 is 0 Å². The molecule has 0 aliphatic carbocycles. The minimum absolute atomic E-state index is 0.0565. The van der Waals surface area contributed by atoms with Crippen molar-refractivity contribution in [1.82, 2.24) is 20.7 Å². The summed E-state index contributed by atoms with van der Waals surface area (Å²) in [5.41, 5.74) is 3.23. The molecule has 158 valence electrons. The SMILES string of the molecule is O=C(COc1ccc(/C=N\NC(=O)CSc2ncccn2)cc1)NC[C@H]1CCCO1. The van der Waals surface area contributed by atoms with E-state index in [1.807, 2.05) is 0 Å². The molecule has 2 N–H and O–H groups in total. The summed E-state index contributed by atoms with van der Waals surface area (Å²) >= 11 is 1.23. The number of nitrogens with zero attached hydrogens (tertiary/aromatic N) is 3. The molecule has 0 spiro atoms. The van der Waals surface area contributed by atoms with E-state index in [4.69, 9.17) is 9.47 Å². The van der Waals surface area contributed by atoms with E-state index in [0.29, 0.717) is 17.5 Å². The van der Waals surface area contributed by atoms with Crippen LogP contribution in [0.3, 0.4) is 0 Å². The first-order valence-electron chi connectivity index (χ1n) is 9.52. The quantitative estimate of drug-likeness (QED) is 0.254. The number of ether oxygens (including phenoxy) is 2. The Labute approximate surface area is 178 Å². The molecular weight excluding hydrogens is 406 g/mol. The minimum Gasteiger partial charge on any atom is -0.484 e. The van der Waals surface area contributed by atoms with Gasteiger partial charge in [0.25, 0.3) is 11.8 Å². The molecule has 1 aliphatic rings. The number of hydrazone groups is 1. The van der Waals surface area contributed by atoms with Crippen LogP contribution in [0.1, 0.15) is 18.4 Å². The molecule has 2 heterocycles. The van der Waals surface area contributed by atoms with Crippen molar-refractivity contribution in [2.45, 2.75) is 24.1 Å². The first-order valence-corrected chi connectivity index (χ1v) is 10.5. The second kappa shape index (κ2) is 11.9. The molecule has 0 radical (unpaired) electrons. The third kappa shape index (κ3) is 7.80. The minimum atomic E-state index is -0.252. The Hall–Kier alpha value is -2.98. The third-order valence-electron chi connectivity index (χ3n) is 4.08. The van der Waals surface area contributed by atoms with E-state index in [9.17, 15) is 9.59 Å². The first kappa shape index (κ1) is 21.7. The molecule has 1 aromatic carbocycles. The first-order chi connectivity index (χ1) is 14.7. The molecule has 10 heteroatoms. The summed E-state index contributed by atoms with van der Waals surface area (Å²) in [5, 5.41) is 7.26. The van der Waals surface area contributed by atoms with Crippen molar-refractivity contribution in [3.05, 3.63) is 48.3 Å². The van der Waals surface area contributed by atoms with Crippen LogP contribution in [-0.4, -0.2) is 59.6 Å². The number of benzene rings is 1. The summed E-state index contributed by atoms with van der Waals surface area (Å²) in [6, 6.07) is 8.74. The Balaban J connectivity index is 1.33. The number of carbonyl (C=O) groups excluding carboxylic acids is 2. The van der Waals surface area contributed by atoms with E-state index in [-0.39, 0.29) is 30.3 Å². The van der Waals surface area contributed by atoms with Crippen LogP contribution in [0, 0.1) is 0 Å². The lowest BCUT2D eigenvalue weighted by atomic mass is 10.2. The lowest BCUT2D eigenvalue weighted by Crippen LogP contribution is -2.35. The van der Waals surface area contributed by atoms with Gasteiger partial charge in [-0.2, -0.15) is 5.10 Å². The van der Waals surface area contributed by atoms with E-state index in [1.165, 1.54) is 18.0 Å². The van der Waals surface area contributed by atoms with Crippen LogP contribution in [0.25, 0.3) is 0 Å². The molecule has 0 unspecified atom stereocenters. The zero-order valence-electron chi connectivity index (χ0n) is 16.3. The Kier molecular flexibility index (Phi) is 8.61. The van der Waals surface area contributed by atoms with Gasteiger partial charge in [-0.25, -0.2) is 15.4 Å². The molecule has 30 heavy (non-hydrogen) atoms. The van der Waals surface area contributed by atoms with Gasteiger partial charge in [0.05, 0.1) is 18.1 Å². The zero-order chi connectivity index (χ0) is 21.0. The Morgan fingerprint density at radius 3 is 2.77 bits per heavy atom. The van der Waals surface area contributed by atoms with Crippen molar-refractivity contribution in [3.63, 3.8) is 0 Å². The highest BCUT2D eigenvalue weighted by molar-refractivity contribution is 7.99. The van der Waals surface area contributed by atoms with Crippen LogP contribution in [0.2, 0.25) is 0 Å². The average Bonchev–Trinajstić information content (AvgIpc) is 3.30. The monoisotopic (exact) mass is 429 g/mol. The van der Waals surface area contributed by atoms with E-state index in [1.54, 1.807) is 42.7 Å². The van der Waals surface area contributed by atoms with Crippen molar-refractivity contribution in [2.24, 2.45) is 5.10 Å². The molecule has 9 nitrogen and oxygen atoms in total. The van der Waals surface area contributed by atoms with Crippen LogP contribution in [-0.2, 0) is 14.3 Å². The predicted molar refractivity (Wildman–Crippen MR) is 112 cm³/mol. The molecule has 2 aromatic rings. The predicted octanol–water partition coefficient (Wildman–Crippen LogP) is 1.39. The Morgan fingerprint density at radius 2 is 2.03 bits per heavy atom. The lowest BCUT2D eigenvalue weighted by Gasteiger charge is -2.11. The second-order valence-electron chi connectivity index (χ2n) is 6.41. The third-order valence-corrected chi connectivity index (χ3v) is 4.95. The highest BCUT2D eigenvalue weighted by atomic mass is 32.2. The highest BCUT2D eigenvalue weighted by Crippen LogP contribution is 2.12. The van der Waals surface area contributed by atoms with Gasteiger partial charge < -0.3 is 14.8 Å². The van der Waals surface area contributed by atoms with Crippen molar-refractivity contribution in [1.29, 1.82) is 0 Å². The van der Waals surface area contributed by atoms with Crippen molar-refractivity contribution < 1.29 is 19.1 Å². The summed E-state index contributed by atoms with van der Waals surface area (Å²) in [5.74, 6) is 0.307. The van der Waals surface area contributed by atoms with Gasteiger partial charge in [0.15, 0.2) is 11.8 Å². The molecule has 2 amide bonds. The van der Waals surface area contributed by atoms with E-state index >= 15 is 0 Å². The maximum absolute atomic E-state index is 11.8. The fourth-order valence-electron chi connectivity index (χ4n) is 2.58. The number of carbonyl (C=O) groups is 2. The van der Waals surface area contributed by atoms with Crippen molar-refractivity contribution >= 4 is 29.8 Å². The van der Waals surface area contributed by atoms with Gasteiger partial charge in [-0.3, -0.25) is 9.59 Å². The second-order valence-corrected chi connectivity index (χ2v) is 7.35. The summed E-state index contributed by atoms with van der Waals surface area (Å²) in [4.78, 5) is 31.7. The molecule has 1 aromatic heterocycles. The normalized spacial score (nSPS) is 15.8. The van der Waals surface area contributed by atoms with Crippen LogP contribution in [0.5, 0.6) is 5.75 Å². The Bertz CT molecular complexity index is 842. The van der Waals surface area contributed by atoms with Gasteiger partial charge in [-0.15, -0.1) is 0 Å². The molecule has 1 saturated heterocycles. The van der Waals surface area contributed by atoms with Crippen molar-refractivity contribution in [2.75, 3.05) is 25.5 Å². The maximum atomic E-state index is 11.8. The van der Waals surface area contributed by atoms with E-state index in [0.717, 1.165) is 25.0 Å². The number of amides is 2. The van der Waals surface area contributed by atoms with Gasteiger partial charge in [0.1, 0.15) is 5.75 Å². The maximum Gasteiger partial charge on any atom is 0.258 e. The summed E-state index contributed by atoms with van der Waals surface area (Å²) in [7, 11) is 0. The summed E-state index contributed by atoms with van der Waals surface area (Å²) in [6.45, 7) is 1.22. The number of nitrogens with one attached hydrogen (secondary N) is 2. The van der Waals surface area contributed by atoms with Gasteiger partial charge in [0, 0.05) is 25.5 Å². The molecule has 1 atom stereocenters.